The second-order valence-corrected chi connectivity index (χ2v) is 8.12. The fourth-order valence-electron chi connectivity index (χ4n) is 4.15. The minimum absolute atomic E-state index is 1.03. The van der Waals surface area contributed by atoms with Gasteiger partial charge in [-0.05, 0) is 12.2 Å². The van der Waals surface area contributed by atoms with Crippen LogP contribution in [0, 0.1) is 0 Å². The van der Waals surface area contributed by atoms with Gasteiger partial charge in [-0.3, -0.25) is 0 Å². The van der Waals surface area contributed by atoms with Crippen LogP contribution in [0.5, 0.6) is 0 Å². The fraction of sp³-hybridized carbons (Fsp3) is 1.00. The first-order valence-corrected chi connectivity index (χ1v) is 10.1. The largest absolute Gasteiger partial charge is 0.215 e. The van der Waals surface area contributed by atoms with Gasteiger partial charge in [0.05, 0.1) is 0 Å². The van der Waals surface area contributed by atoms with Gasteiger partial charge in [0, 0.05) is 0 Å². The molecule has 0 aliphatic heterocycles. The van der Waals surface area contributed by atoms with Crippen LogP contribution in [-0.4, -0.2) is 11.7 Å². The minimum atomic E-state index is 1.03. The Bertz CT molecular complexity index is 201. The number of hydrogen-bond acceptors (Lipinski definition) is 1. The third-order valence-corrected chi connectivity index (χ3v) is 6.97. The maximum absolute atomic E-state index is 2.37. The highest BCUT2D eigenvalue weighted by molar-refractivity contribution is 8.25. The molecule has 0 aromatic rings. The van der Waals surface area contributed by atoms with E-state index in [-0.39, 0.29) is 0 Å². The van der Waals surface area contributed by atoms with Crippen molar-refractivity contribution in [2.24, 2.45) is 0 Å². The molecule has 0 radical (unpaired) electrons. The third kappa shape index (κ3) is 5.36. The van der Waals surface area contributed by atoms with Gasteiger partial charge in [0.25, 0.3) is 0 Å². The topological polar surface area (TPSA) is 0 Å². The lowest BCUT2D eigenvalue weighted by Gasteiger charge is -2.35. The smallest absolute Gasteiger partial charge is 0.209 e. The molecule has 0 atom stereocenters. The van der Waals surface area contributed by atoms with Crippen molar-refractivity contribution < 1.29 is 0 Å². The first-order valence-electron chi connectivity index (χ1n) is 9.03. The highest BCUT2D eigenvalue weighted by Gasteiger charge is 2.34. The maximum atomic E-state index is 2.37. The quantitative estimate of drug-likeness (QED) is 0.375. The van der Waals surface area contributed by atoms with E-state index in [1.807, 2.05) is 0 Å². The average molecular weight is 280 g/mol. The third-order valence-electron chi connectivity index (χ3n) is 5.29. The lowest BCUT2D eigenvalue weighted by atomic mass is 9.47. The van der Waals surface area contributed by atoms with E-state index in [1.165, 1.54) is 63.5 Å². The molecule has 2 rings (SSSR count). The van der Waals surface area contributed by atoms with E-state index in [2.05, 4.69) is 18.5 Å². The Labute approximate surface area is 125 Å². The Morgan fingerprint density at radius 1 is 0.789 bits per heavy atom. The summed E-state index contributed by atoms with van der Waals surface area (Å²) in [5, 5.41) is 0. The number of rotatable bonds is 7. The number of hydrogen-bond donors (Lipinski definition) is 0. The molecule has 0 heterocycles. The van der Waals surface area contributed by atoms with Gasteiger partial charge < -0.3 is 0 Å². The zero-order valence-corrected chi connectivity index (χ0v) is 13.9. The van der Waals surface area contributed by atoms with E-state index >= 15 is 0 Å². The van der Waals surface area contributed by atoms with Crippen LogP contribution in [0.2, 0.25) is 11.6 Å². The summed E-state index contributed by atoms with van der Waals surface area (Å²) in [5.74, 6) is 4.61. The van der Waals surface area contributed by atoms with Crippen molar-refractivity contribution in [1.82, 2.24) is 0 Å². The molecule has 2 fully saturated rings. The second-order valence-electron chi connectivity index (χ2n) is 6.84. The minimum Gasteiger partial charge on any atom is -0.209 e. The van der Waals surface area contributed by atoms with E-state index in [1.54, 1.807) is 25.7 Å². The summed E-state index contributed by atoms with van der Waals surface area (Å²) in [6.07, 6.45) is 19.5. The van der Waals surface area contributed by atoms with Crippen molar-refractivity contribution in [1.29, 1.82) is 0 Å². The Morgan fingerprint density at radius 2 is 1.32 bits per heavy atom. The van der Waals surface area contributed by atoms with E-state index in [0.29, 0.717) is 0 Å². The molecule has 0 amide bonds. The van der Waals surface area contributed by atoms with Crippen molar-refractivity contribution in [3.05, 3.63) is 0 Å². The molecule has 0 spiro atoms. The Kier molecular flexibility index (Phi) is 7.79. The van der Waals surface area contributed by atoms with Crippen molar-refractivity contribution in [3.8, 4) is 0 Å². The summed E-state index contributed by atoms with van der Waals surface area (Å²) < 4.78 is 0. The molecule has 0 saturated heterocycles. The standard InChI is InChI=1S/C17H33BS/c1-2-3-10-15-19-18(16-11-6-4-7-12-16)17-13-8-5-9-14-17/h16-17H,2-15H2,1H3. The van der Waals surface area contributed by atoms with Gasteiger partial charge in [-0.1, -0.05) is 95.6 Å². The van der Waals surface area contributed by atoms with Crippen LogP contribution < -0.4 is 0 Å². The summed E-state index contributed by atoms with van der Waals surface area (Å²) in [7, 11) is 0. The lowest BCUT2D eigenvalue weighted by Crippen LogP contribution is -2.27. The van der Waals surface area contributed by atoms with E-state index in [9.17, 15) is 0 Å². The van der Waals surface area contributed by atoms with Crippen LogP contribution >= 0.6 is 11.6 Å². The lowest BCUT2D eigenvalue weighted by molar-refractivity contribution is 0.467. The molecule has 0 bridgehead atoms. The average Bonchev–Trinajstić information content (AvgIpc) is 2.49. The molecule has 0 N–H and O–H groups in total. The first kappa shape index (κ1) is 15.8. The highest BCUT2D eigenvalue weighted by atomic mass is 32.2. The highest BCUT2D eigenvalue weighted by Crippen LogP contribution is 2.45. The molecule has 0 unspecified atom stereocenters. The number of unbranched alkanes of at least 4 members (excludes halogenated alkanes) is 2. The Hall–Kier alpha value is 0.415. The second kappa shape index (κ2) is 9.37. The molecule has 0 aromatic carbocycles. The normalized spacial score (nSPS) is 22.6. The summed E-state index contributed by atoms with van der Waals surface area (Å²) in [6.45, 7) is 2.32. The van der Waals surface area contributed by atoms with E-state index in [0.717, 1.165) is 17.6 Å². The molecule has 0 aromatic heterocycles. The SMILES string of the molecule is CCCCCSB(C1CCCCC1)C1CCCCC1. The van der Waals surface area contributed by atoms with E-state index < -0.39 is 0 Å². The Morgan fingerprint density at radius 3 is 1.79 bits per heavy atom. The molecule has 0 nitrogen and oxygen atoms in total. The van der Waals surface area contributed by atoms with Crippen molar-refractivity contribution in [3.63, 3.8) is 0 Å². The Balaban J connectivity index is 1.83. The summed E-state index contributed by atoms with van der Waals surface area (Å²) in [6, 6.07) is 0. The van der Waals surface area contributed by atoms with Crippen molar-refractivity contribution in [2.75, 3.05) is 5.75 Å². The fourth-order valence-corrected chi connectivity index (χ4v) is 5.89. The van der Waals surface area contributed by atoms with Crippen LogP contribution in [0.4, 0.5) is 0 Å². The molecule has 2 saturated carbocycles. The molecular formula is C17H33BS. The summed E-state index contributed by atoms with van der Waals surface area (Å²) in [4.78, 5) is 0. The summed E-state index contributed by atoms with van der Waals surface area (Å²) >= 11 is 2.37. The molecule has 2 heteroatoms. The van der Waals surface area contributed by atoms with Gasteiger partial charge in [0.2, 0.25) is 5.99 Å². The zero-order valence-electron chi connectivity index (χ0n) is 13.0. The molecule has 19 heavy (non-hydrogen) atoms. The van der Waals surface area contributed by atoms with Crippen molar-refractivity contribution >= 4 is 17.6 Å². The van der Waals surface area contributed by atoms with E-state index in [4.69, 9.17) is 0 Å². The molecule has 110 valence electrons. The van der Waals surface area contributed by atoms with Gasteiger partial charge in [-0.15, -0.1) is 0 Å². The van der Waals surface area contributed by atoms with Gasteiger partial charge in [0.15, 0.2) is 0 Å². The van der Waals surface area contributed by atoms with Crippen LogP contribution in [-0.2, 0) is 0 Å². The van der Waals surface area contributed by atoms with Gasteiger partial charge in [-0.2, -0.15) is 0 Å². The van der Waals surface area contributed by atoms with Gasteiger partial charge in [0.1, 0.15) is 0 Å². The monoisotopic (exact) mass is 280 g/mol. The summed E-state index contributed by atoms with van der Waals surface area (Å²) in [5.41, 5.74) is 0. The van der Waals surface area contributed by atoms with Crippen LogP contribution in [0.1, 0.15) is 90.4 Å². The van der Waals surface area contributed by atoms with Gasteiger partial charge >= 0.3 is 0 Å². The van der Waals surface area contributed by atoms with Crippen LogP contribution in [0.25, 0.3) is 0 Å². The van der Waals surface area contributed by atoms with Gasteiger partial charge in [-0.25, -0.2) is 11.6 Å². The molecule has 2 aliphatic carbocycles. The van der Waals surface area contributed by atoms with Crippen molar-refractivity contribution in [2.45, 2.75) is 102 Å². The maximum Gasteiger partial charge on any atom is 0.215 e. The molecule has 2 aliphatic rings. The first-order chi connectivity index (χ1) is 9.42. The van der Waals surface area contributed by atoms with Crippen LogP contribution in [0.3, 0.4) is 0 Å². The molecular weight excluding hydrogens is 247 g/mol. The zero-order chi connectivity index (χ0) is 13.3. The predicted molar refractivity (Wildman–Crippen MR) is 91.4 cm³/mol. The van der Waals surface area contributed by atoms with Crippen LogP contribution in [0.15, 0.2) is 0 Å². The predicted octanol–water partition coefficient (Wildman–Crippen LogP) is 6.57.